The Hall–Kier alpha value is -1.92. The van der Waals surface area contributed by atoms with Gasteiger partial charge in [0.1, 0.15) is 0 Å². The number of ether oxygens (including phenoxy) is 1. The van der Waals surface area contributed by atoms with Crippen LogP contribution in [0.3, 0.4) is 0 Å². The van der Waals surface area contributed by atoms with Gasteiger partial charge in [-0.05, 0) is 77.0 Å². The number of hydrogen-bond acceptors (Lipinski definition) is 5. The molecule has 3 N–H and O–H groups in total. The molecule has 6 heteroatoms. The van der Waals surface area contributed by atoms with Crippen LogP contribution in [0.5, 0.6) is 0 Å². The molecular weight excluding hydrogens is 803 g/mol. The summed E-state index contributed by atoms with van der Waals surface area (Å²) in [6.45, 7) is 4.87. The third kappa shape index (κ3) is 51.3. The molecule has 2 atom stereocenters. The Morgan fingerprint density at radius 1 is 0.431 bits per heavy atom. The summed E-state index contributed by atoms with van der Waals surface area (Å²) >= 11 is 0. The number of allylic oxidation sites excluding steroid dienone is 6. The van der Waals surface area contributed by atoms with Gasteiger partial charge in [-0.2, -0.15) is 0 Å². The molecule has 0 aliphatic heterocycles. The maximum atomic E-state index is 12.5. The largest absolute Gasteiger partial charge is 0.466 e. The van der Waals surface area contributed by atoms with E-state index in [1.807, 2.05) is 0 Å². The van der Waals surface area contributed by atoms with E-state index in [1.54, 1.807) is 0 Å². The zero-order valence-corrected chi connectivity index (χ0v) is 43.5. The summed E-state index contributed by atoms with van der Waals surface area (Å²) in [5.74, 6) is -0.0908. The van der Waals surface area contributed by atoms with E-state index >= 15 is 0 Å². The Morgan fingerprint density at radius 3 is 1.25 bits per heavy atom. The van der Waals surface area contributed by atoms with Crippen LogP contribution in [0.1, 0.15) is 303 Å². The van der Waals surface area contributed by atoms with Crippen LogP contribution in [-0.2, 0) is 14.3 Å². The predicted octanol–water partition coefficient (Wildman–Crippen LogP) is 17.6. The summed E-state index contributed by atoms with van der Waals surface area (Å²) in [6, 6.07) is -0.564. The van der Waals surface area contributed by atoms with Crippen molar-refractivity contribution in [2.24, 2.45) is 0 Å². The van der Waals surface area contributed by atoms with Gasteiger partial charge in [0.15, 0.2) is 0 Å². The number of carbonyl (C=O) groups is 2. The fourth-order valence-electron chi connectivity index (χ4n) is 8.71. The lowest BCUT2D eigenvalue weighted by Crippen LogP contribution is -2.45. The molecular formula is C59H111NO5. The second-order valence-corrected chi connectivity index (χ2v) is 19.6. The zero-order chi connectivity index (χ0) is 47.2. The van der Waals surface area contributed by atoms with Gasteiger partial charge in [-0.15, -0.1) is 0 Å². The molecule has 0 aliphatic carbocycles. The molecule has 0 aromatic rings. The van der Waals surface area contributed by atoms with Crippen molar-refractivity contribution >= 4 is 11.9 Å². The van der Waals surface area contributed by atoms with Gasteiger partial charge < -0.3 is 20.3 Å². The molecule has 0 saturated carbocycles. The van der Waals surface area contributed by atoms with E-state index in [-0.39, 0.29) is 18.5 Å². The van der Waals surface area contributed by atoms with Crippen molar-refractivity contribution in [3.05, 3.63) is 36.5 Å². The highest BCUT2D eigenvalue weighted by Crippen LogP contribution is 2.17. The third-order valence-electron chi connectivity index (χ3n) is 13.2. The van der Waals surface area contributed by atoms with Gasteiger partial charge in [0.25, 0.3) is 0 Å². The molecule has 0 radical (unpaired) electrons. The van der Waals surface area contributed by atoms with Crippen molar-refractivity contribution in [3.8, 4) is 0 Å². The number of esters is 1. The molecule has 0 saturated heterocycles. The summed E-state index contributed by atoms with van der Waals surface area (Å²) in [5.41, 5.74) is 0. The van der Waals surface area contributed by atoms with Crippen LogP contribution < -0.4 is 5.32 Å². The Balaban J connectivity index is 3.50. The minimum Gasteiger partial charge on any atom is -0.466 e. The molecule has 0 aliphatic rings. The van der Waals surface area contributed by atoms with Gasteiger partial charge in [0.2, 0.25) is 5.91 Å². The monoisotopic (exact) mass is 914 g/mol. The Labute approximate surface area is 404 Å². The summed E-state index contributed by atoms with van der Waals surface area (Å²) in [6.07, 6.45) is 67.0. The minimum atomic E-state index is -0.683. The molecule has 1 amide bonds. The fourth-order valence-corrected chi connectivity index (χ4v) is 8.71. The van der Waals surface area contributed by atoms with E-state index in [2.05, 4.69) is 55.6 Å². The maximum Gasteiger partial charge on any atom is 0.305 e. The van der Waals surface area contributed by atoms with Crippen LogP contribution in [0.4, 0.5) is 0 Å². The minimum absolute atomic E-state index is 0.0269. The first-order chi connectivity index (χ1) is 32.0. The number of rotatable bonds is 53. The van der Waals surface area contributed by atoms with Gasteiger partial charge in [0, 0.05) is 12.8 Å². The Bertz CT molecular complexity index is 1060. The first-order valence-electron chi connectivity index (χ1n) is 28.7. The van der Waals surface area contributed by atoms with E-state index in [1.165, 1.54) is 186 Å². The average molecular weight is 915 g/mol. The number of carbonyl (C=O) groups excluding carboxylic acids is 2. The van der Waals surface area contributed by atoms with Crippen LogP contribution in [0, 0.1) is 0 Å². The second kappa shape index (κ2) is 54.7. The molecule has 0 bridgehead atoms. The fraction of sp³-hybridized carbons (Fsp3) is 0.864. The lowest BCUT2D eigenvalue weighted by atomic mass is 10.0. The highest BCUT2D eigenvalue weighted by atomic mass is 16.5. The second-order valence-electron chi connectivity index (χ2n) is 19.6. The van der Waals surface area contributed by atoms with Crippen molar-refractivity contribution in [2.45, 2.75) is 315 Å². The molecule has 0 rings (SSSR count). The summed E-state index contributed by atoms with van der Waals surface area (Å²) in [7, 11) is 0. The third-order valence-corrected chi connectivity index (χ3v) is 13.2. The normalized spacial score (nSPS) is 12.9. The summed E-state index contributed by atoms with van der Waals surface area (Å²) in [4.78, 5) is 24.5. The molecule has 6 nitrogen and oxygen atoms in total. The van der Waals surface area contributed by atoms with Crippen LogP contribution in [0.25, 0.3) is 0 Å². The van der Waals surface area contributed by atoms with Crippen molar-refractivity contribution in [1.82, 2.24) is 5.32 Å². The Morgan fingerprint density at radius 2 is 0.785 bits per heavy atom. The van der Waals surface area contributed by atoms with E-state index < -0.39 is 12.1 Å². The van der Waals surface area contributed by atoms with Crippen LogP contribution >= 0.6 is 0 Å². The number of aliphatic hydroxyl groups is 2. The van der Waals surface area contributed by atoms with E-state index in [0.717, 1.165) is 83.5 Å². The first kappa shape index (κ1) is 63.1. The topological polar surface area (TPSA) is 95.9 Å². The molecule has 0 aromatic heterocycles. The standard InChI is InChI=1S/C59H111NO5/c1-3-5-7-9-11-13-15-17-19-20-21-22-23-24-25-27-31-35-39-43-47-51-57(62)56(55-61)60-58(63)52-48-44-40-36-32-28-26-30-34-38-42-46-50-54-65-59(64)53-49-45-41-37-33-29-18-16-14-12-10-8-6-4-2/h10,12,16,18,28,32,56-57,61-62H,3-9,11,13-15,17,19-27,29-31,33-55H2,1-2H3,(H,60,63)/b12-10-,18-16-,32-28-. The maximum absolute atomic E-state index is 12.5. The molecule has 0 heterocycles. The van der Waals surface area contributed by atoms with Crippen molar-refractivity contribution in [1.29, 1.82) is 0 Å². The summed E-state index contributed by atoms with van der Waals surface area (Å²) < 4.78 is 5.45. The van der Waals surface area contributed by atoms with Crippen LogP contribution in [0.15, 0.2) is 36.5 Å². The zero-order valence-electron chi connectivity index (χ0n) is 43.5. The van der Waals surface area contributed by atoms with Crippen molar-refractivity contribution in [2.75, 3.05) is 13.2 Å². The lowest BCUT2D eigenvalue weighted by molar-refractivity contribution is -0.143. The summed E-state index contributed by atoms with van der Waals surface area (Å²) in [5, 5.41) is 23.3. The number of aliphatic hydroxyl groups excluding tert-OH is 2. The van der Waals surface area contributed by atoms with E-state index in [0.29, 0.717) is 25.9 Å². The molecule has 65 heavy (non-hydrogen) atoms. The number of hydrogen-bond donors (Lipinski definition) is 3. The average Bonchev–Trinajstić information content (AvgIpc) is 3.31. The van der Waals surface area contributed by atoms with E-state index in [4.69, 9.17) is 4.74 Å². The van der Waals surface area contributed by atoms with Crippen LogP contribution in [0.2, 0.25) is 0 Å². The number of nitrogens with one attached hydrogen (secondary N) is 1. The van der Waals surface area contributed by atoms with Crippen molar-refractivity contribution < 1.29 is 24.5 Å². The van der Waals surface area contributed by atoms with Crippen LogP contribution in [-0.4, -0.2) is 47.4 Å². The molecule has 2 unspecified atom stereocenters. The molecule has 0 fully saturated rings. The number of unbranched alkanes of at least 4 members (excludes halogenated alkanes) is 36. The molecule has 0 spiro atoms. The van der Waals surface area contributed by atoms with E-state index in [9.17, 15) is 19.8 Å². The highest BCUT2D eigenvalue weighted by molar-refractivity contribution is 5.76. The number of amides is 1. The van der Waals surface area contributed by atoms with Gasteiger partial charge >= 0.3 is 5.97 Å². The smallest absolute Gasteiger partial charge is 0.305 e. The predicted molar refractivity (Wildman–Crippen MR) is 283 cm³/mol. The van der Waals surface area contributed by atoms with Gasteiger partial charge in [-0.3, -0.25) is 9.59 Å². The first-order valence-corrected chi connectivity index (χ1v) is 28.7. The quantitative estimate of drug-likeness (QED) is 0.0321. The molecule has 382 valence electrons. The highest BCUT2D eigenvalue weighted by Gasteiger charge is 2.20. The lowest BCUT2D eigenvalue weighted by Gasteiger charge is -2.22. The van der Waals surface area contributed by atoms with Gasteiger partial charge in [-0.1, -0.05) is 249 Å². The van der Waals surface area contributed by atoms with Crippen molar-refractivity contribution in [3.63, 3.8) is 0 Å². The molecule has 0 aromatic carbocycles. The Kier molecular flexibility index (Phi) is 53.1. The van der Waals surface area contributed by atoms with Gasteiger partial charge in [0.05, 0.1) is 25.4 Å². The van der Waals surface area contributed by atoms with Gasteiger partial charge in [-0.25, -0.2) is 0 Å². The SMILES string of the molecule is CCCC/C=C\C/C=C\CCCCCCCC(=O)OCCCCCCCC/C=C\CCCCCC(=O)NC(CO)C(O)CCCCCCCCCCCCCCCCCCCCCCC.